The highest BCUT2D eigenvalue weighted by atomic mass is 35.5. The molecule has 0 radical (unpaired) electrons. The fourth-order valence-electron chi connectivity index (χ4n) is 3.19. The van der Waals surface area contributed by atoms with Gasteiger partial charge in [0.05, 0.1) is 23.7 Å². The number of carbonyl (C=O) groups excluding carboxylic acids is 2. The SMILES string of the molecule is COc1ccccc1N1C[C@H](C(=O)Nc2ccc(Cl)c(S(=O)(=O)N(C)C)c2)CC1=O. The zero-order chi connectivity index (χ0) is 22.1. The number of hydrogen-bond acceptors (Lipinski definition) is 5. The summed E-state index contributed by atoms with van der Waals surface area (Å²) in [6, 6.07) is 11.3. The van der Waals surface area contributed by atoms with Crippen LogP contribution < -0.4 is 15.0 Å². The maximum absolute atomic E-state index is 12.8. The Bertz CT molecular complexity index is 1090. The number of methoxy groups -OCH3 is 1. The number of carbonyl (C=O) groups is 2. The second-order valence-electron chi connectivity index (χ2n) is 7.00. The van der Waals surface area contributed by atoms with Gasteiger partial charge in [0.25, 0.3) is 0 Å². The van der Waals surface area contributed by atoms with Crippen LogP contribution in [-0.2, 0) is 19.6 Å². The Kier molecular flexibility index (Phi) is 6.35. The third kappa shape index (κ3) is 4.28. The molecule has 2 aromatic rings. The van der Waals surface area contributed by atoms with Crippen molar-refractivity contribution in [1.29, 1.82) is 0 Å². The zero-order valence-corrected chi connectivity index (χ0v) is 18.3. The first kappa shape index (κ1) is 22.1. The average Bonchev–Trinajstić information content (AvgIpc) is 3.10. The van der Waals surface area contributed by atoms with Gasteiger partial charge in [-0.15, -0.1) is 0 Å². The van der Waals surface area contributed by atoms with Crippen LogP contribution in [0.3, 0.4) is 0 Å². The Balaban J connectivity index is 1.78. The van der Waals surface area contributed by atoms with E-state index in [9.17, 15) is 18.0 Å². The Morgan fingerprint density at radius 1 is 1.23 bits per heavy atom. The van der Waals surface area contributed by atoms with E-state index in [4.69, 9.17) is 16.3 Å². The lowest BCUT2D eigenvalue weighted by Gasteiger charge is -2.19. The van der Waals surface area contributed by atoms with Crippen molar-refractivity contribution in [2.75, 3.05) is 38.0 Å². The van der Waals surface area contributed by atoms with Crippen molar-refractivity contribution in [3.8, 4) is 5.75 Å². The van der Waals surface area contributed by atoms with E-state index in [1.54, 1.807) is 24.3 Å². The molecule has 1 aliphatic rings. The fourth-order valence-corrected chi connectivity index (χ4v) is 4.58. The molecule has 1 N–H and O–H groups in total. The van der Waals surface area contributed by atoms with Gasteiger partial charge in [-0.25, -0.2) is 12.7 Å². The van der Waals surface area contributed by atoms with E-state index in [2.05, 4.69) is 5.32 Å². The van der Waals surface area contributed by atoms with Gasteiger partial charge in [-0.1, -0.05) is 23.7 Å². The first-order valence-electron chi connectivity index (χ1n) is 9.11. The Hall–Kier alpha value is -2.62. The molecule has 160 valence electrons. The highest BCUT2D eigenvalue weighted by Crippen LogP contribution is 2.33. The summed E-state index contributed by atoms with van der Waals surface area (Å²) in [5.41, 5.74) is 0.888. The van der Waals surface area contributed by atoms with Crippen molar-refractivity contribution in [2.45, 2.75) is 11.3 Å². The summed E-state index contributed by atoms with van der Waals surface area (Å²) >= 11 is 6.04. The molecular formula is C20H22ClN3O5S. The van der Waals surface area contributed by atoms with Crippen LogP contribution in [0.25, 0.3) is 0 Å². The molecule has 8 nitrogen and oxygen atoms in total. The van der Waals surface area contributed by atoms with E-state index in [0.29, 0.717) is 11.4 Å². The van der Waals surface area contributed by atoms with Crippen LogP contribution in [0.2, 0.25) is 5.02 Å². The topological polar surface area (TPSA) is 96.0 Å². The van der Waals surface area contributed by atoms with Gasteiger partial charge in [0.2, 0.25) is 21.8 Å². The van der Waals surface area contributed by atoms with E-state index < -0.39 is 15.9 Å². The first-order chi connectivity index (χ1) is 14.1. The molecule has 2 amide bonds. The normalized spacial score (nSPS) is 16.8. The molecule has 0 bridgehead atoms. The number of nitrogens with zero attached hydrogens (tertiary/aromatic N) is 2. The van der Waals surface area contributed by atoms with Crippen molar-refractivity contribution < 1.29 is 22.7 Å². The van der Waals surface area contributed by atoms with Gasteiger partial charge in [0.1, 0.15) is 10.6 Å². The molecule has 1 saturated heterocycles. The van der Waals surface area contributed by atoms with Crippen LogP contribution in [-0.4, -0.2) is 52.3 Å². The molecule has 3 rings (SSSR count). The summed E-state index contributed by atoms with van der Waals surface area (Å²) in [5, 5.41) is 2.75. The number of benzene rings is 2. The van der Waals surface area contributed by atoms with Crippen LogP contribution in [0, 0.1) is 5.92 Å². The van der Waals surface area contributed by atoms with Crippen LogP contribution in [0.1, 0.15) is 6.42 Å². The molecule has 0 saturated carbocycles. The maximum Gasteiger partial charge on any atom is 0.244 e. The minimum absolute atomic E-state index is 0.0420. The van der Waals surface area contributed by atoms with Gasteiger partial charge in [0, 0.05) is 32.7 Å². The molecule has 1 fully saturated rings. The lowest BCUT2D eigenvalue weighted by Crippen LogP contribution is -2.28. The van der Waals surface area contributed by atoms with Gasteiger partial charge in [-0.05, 0) is 30.3 Å². The van der Waals surface area contributed by atoms with Crippen LogP contribution in [0.15, 0.2) is 47.4 Å². The van der Waals surface area contributed by atoms with Crippen molar-refractivity contribution in [2.24, 2.45) is 5.92 Å². The minimum Gasteiger partial charge on any atom is -0.495 e. The van der Waals surface area contributed by atoms with Gasteiger partial charge in [-0.2, -0.15) is 0 Å². The van der Waals surface area contributed by atoms with E-state index in [1.165, 1.54) is 44.3 Å². The summed E-state index contributed by atoms with van der Waals surface area (Å²) in [6.07, 6.45) is 0.0420. The predicted molar refractivity (Wildman–Crippen MR) is 114 cm³/mol. The van der Waals surface area contributed by atoms with Crippen molar-refractivity contribution >= 4 is 44.8 Å². The number of amides is 2. The summed E-state index contributed by atoms with van der Waals surface area (Å²) < 4.78 is 31.2. The van der Waals surface area contributed by atoms with Crippen LogP contribution in [0.4, 0.5) is 11.4 Å². The number of halogens is 1. The molecule has 0 spiro atoms. The van der Waals surface area contributed by atoms with Crippen molar-refractivity contribution in [3.63, 3.8) is 0 Å². The Morgan fingerprint density at radius 3 is 2.60 bits per heavy atom. The lowest BCUT2D eigenvalue weighted by molar-refractivity contribution is -0.122. The van der Waals surface area contributed by atoms with Crippen LogP contribution >= 0.6 is 11.6 Å². The van der Waals surface area contributed by atoms with Crippen LogP contribution in [0.5, 0.6) is 5.75 Å². The van der Waals surface area contributed by atoms with Gasteiger partial charge in [0.15, 0.2) is 0 Å². The number of anilines is 2. The molecule has 0 unspecified atom stereocenters. The second kappa shape index (κ2) is 8.63. The maximum atomic E-state index is 12.8. The lowest BCUT2D eigenvalue weighted by atomic mass is 10.1. The predicted octanol–water partition coefficient (Wildman–Crippen LogP) is 2.59. The van der Waals surface area contributed by atoms with Gasteiger partial charge in [-0.3, -0.25) is 9.59 Å². The number of nitrogens with one attached hydrogen (secondary N) is 1. The average molecular weight is 452 g/mol. The van der Waals surface area contributed by atoms with E-state index in [1.807, 2.05) is 0 Å². The molecule has 10 heteroatoms. The summed E-state index contributed by atoms with van der Waals surface area (Å²) in [6.45, 7) is 0.196. The monoisotopic (exact) mass is 451 g/mol. The number of hydrogen-bond donors (Lipinski definition) is 1. The zero-order valence-electron chi connectivity index (χ0n) is 16.8. The first-order valence-corrected chi connectivity index (χ1v) is 10.9. The third-order valence-corrected chi connectivity index (χ3v) is 7.13. The number of para-hydroxylation sites is 2. The van der Waals surface area contributed by atoms with Crippen molar-refractivity contribution in [3.05, 3.63) is 47.5 Å². The quantitative estimate of drug-likeness (QED) is 0.728. The molecule has 0 aromatic heterocycles. The number of ether oxygens (including phenoxy) is 1. The third-order valence-electron chi connectivity index (χ3n) is 4.83. The van der Waals surface area contributed by atoms with E-state index in [-0.39, 0.29) is 40.4 Å². The fraction of sp³-hybridized carbons (Fsp3) is 0.300. The smallest absolute Gasteiger partial charge is 0.244 e. The molecule has 2 aromatic carbocycles. The Labute approximate surface area is 180 Å². The summed E-state index contributed by atoms with van der Waals surface area (Å²) in [5.74, 6) is -0.613. The number of sulfonamides is 1. The molecule has 0 aliphatic carbocycles. The standard InChI is InChI=1S/C20H22ClN3O5S/c1-23(2)30(27,28)18-11-14(8-9-15(18)21)22-20(26)13-10-19(25)24(12-13)16-6-4-5-7-17(16)29-3/h4-9,11,13H,10,12H2,1-3H3,(H,22,26)/t13-/m1/s1. The highest BCUT2D eigenvalue weighted by molar-refractivity contribution is 7.89. The molecule has 30 heavy (non-hydrogen) atoms. The summed E-state index contributed by atoms with van der Waals surface area (Å²) in [4.78, 5) is 26.7. The van der Waals surface area contributed by atoms with Crippen molar-refractivity contribution in [1.82, 2.24) is 4.31 Å². The van der Waals surface area contributed by atoms with Gasteiger partial charge >= 0.3 is 0 Å². The Morgan fingerprint density at radius 2 is 1.93 bits per heavy atom. The highest BCUT2D eigenvalue weighted by Gasteiger charge is 2.36. The van der Waals surface area contributed by atoms with Gasteiger partial charge < -0.3 is 15.0 Å². The summed E-state index contributed by atoms with van der Waals surface area (Å²) in [7, 11) is 0.538. The molecule has 1 heterocycles. The second-order valence-corrected chi connectivity index (χ2v) is 9.53. The molecule has 1 atom stereocenters. The molecular weight excluding hydrogens is 430 g/mol. The largest absolute Gasteiger partial charge is 0.495 e. The molecule has 1 aliphatic heterocycles. The number of rotatable bonds is 6. The van der Waals surface area contributed by atoms with E-state index in [0.717, 1.165) is 4.31 Å². The van der Waals surface area contributed by atoms with E-state index >= 15 is 0 Å². The minimum atomic E-state index is -3.77.